The molecule has 0 aliphatic heterocycles. The summed E-state index contributed by atoms with van der Waals surface area (Å²) in [5.41, 5.74) is 6.73. The summed E-state index contributed by atoms with van der Waals surface area (Å²) in [6, 6.07) is 7.56. The fourth-order valence-electron chi connectivity index (χ4n) is 2.19. The number of carbonyl (C=O) groups excluding carboxylic acids is 1. The minimum atomic E-state index is 0.0321. The Morgan fingerprint density at radius 2 is 1.95 bits per heavy atom. The van der Waals surface area contributed by atoms with Crippen LogP contribution in [0, 0.1) is 11.8 Å². The van der Waals surface area contributed by atoms with Crippen LogP contribution in [0.1, 0.15) is 43.5 Å². The van der Waals surface area contributed by atoms with Crippen LogP contribution in [0.4, 0.5) is 0 Å². The van der Waals surface area contributed by atoms with Gasteiger partial charge in [-0.25, -0.2) is 0 Å². The number of ether oxygens (including phenoxy) is 1. The monoisotopic (exact) mass is 304 g/mol. The predicted octanol–water partition coefficient (Wildman–Crippen LogP) is 2.92. The number of nitrogens with two attached hydrogens (primary N) is 1. The average Bonchev–Trinajstić information content (AvgIpc) is 3.34. The molecule has 1 aromatic carbocycles. The van der Waals surface area contributed by atoms with Crippen molar-refractivity contribution in [1.82, 2.24) is 4.90 Å². The minimum Gasteiger partial charge on any atom is -0.493 e. The van der Waals surface area contributed by atoms with Crippen molar-refractivity contribution >= 4 is 5.91 Å². The molecule has 1 saturated carbocycles. The smallest absolute Gasteiger partial charge is 0.253 e. The molecule has 0 spiro atoms. The van der Waals surface area contributed by atoms with Crippen LogP contribution in [0.15, 0.2) is 24.3 Å². The average molecular weight is 304 g/mol. The molecule has 0 saturated heterocycles. The van der Waals surface area contributed by atoms with Gasteiger partial charge in [-0.05, 0) is 55.4 Å². The zero-order chi connectivity index (χ0) is 16.1. The van der Waals surface area contributed by atoms with E-state index in [4.69, 9.17) is 10.5 Å². The van der Waals surface area contributed by atoms with Crippen LogP contribution < -0.4 is 10.5 Å². The predicted molar refractivity (Wildman–Crippen MR) is 89.1 cm³/mol. The summed E-state index contributed by atoms with van der Waals surface area (Å²) in [5.74, 6) is 2.04. The molecule has 1 aliphatic carbocycles. The standard InChI is InChI=1S/C18H28N2O2/c1-13(2)17(19)10-11-20(3)18(21)15-6-8-16(9-7-15)22-12-14-4-5-14/h6-9,13-14,17H,4-5,10-12,19H2,1-3H3. The normalized spacial score (nSPS) is 15.7. The number of hydrogen-bond donors (Lipinski definition) is 1. The fraction of sp³-hybridized carbons (Fsp3) is 0.611. The van der Waals surface area contributed by atoms with Crippen molar-refractivity contribution < 1.29 is 9.53 Å². The quantitative estimate of drug-likeness (QED) is 0.803. The molecular formula is C18H28N2O2. The molecule has 0 radical (unpaired) electrons. The van der Waals surface area contributed by atoms with Crippen molar-refractivity contribution in [3.63, 3.8) is 0 Å². The maximum absolute atomic E-state index is 12.4. The molecule has 4 nitrogen and oxygen atoms in total. The second kappa shape index (κ2) is 7.63. The van der Waals surface area contributed by atoms with Gasteiger partial charge in [0, 0.05) is 25.2 Å². The number of benzene rings is 1. The lowest BCUT2D eigenvalue weighted by Crippen LogP contribution is -2.34. The van der Waals surface area contributed by atoms with Crippen molar-refractivity contribution in [1.29, 1.82) is 0 Å². The van der Waals surface area contributed by atoms with Crippen LogP contribution in [0.25, 0.3) is 0 Å². The van der Waals surface area contributed by atoms with Crippen LogP contribution in [0.3, 0.4) is 0 Å². The SMILES string of the molecule is CC(C)C(N)CCN(C)C(=O)c1ccc(OCC2CC2)cc1. The van der Waals surface area contributed by atoms with E-state index in [1.165, 1.54) is 12.8 Å². The van der Waals surface area contributed by atoms with E-state index < -0.39 is 0 Å². The number of nitrogens with zero attached hydrogens (tertiary/aromatic N) is 1. The highest BCUT2D eigenvalue weighted by molar-refractivity contribution is 5.94. The van der Waals surface area contributed by atoms with Gasteiger partial charge in [0.05, 0.1) is 6.61 Å². The number of carbonyl (C=O) groups is 1. The van der Waals surface area contributed by atoms with Gasteiger partial charge >= 0.3 is 0 Å². The molecule has 122 valence electrons. The molecule has 1 atom stereocenters. The largest absolute Gasteiger partial charge is 0.493 e. The summed E-state index contributed by atoms with van der Waals surface area (Å²) < 4.78 is 5.69. The Morgan fingerprint density at radius 1 is 1.32 bits per heavy atom. The highest BCUT2D eigenvalue weighted by Gasteiger charge is 2.22. The van der Waals surface area contributed by atoms with Crippen LogP contribution in [-0.2, 0) is 0 Å². The number of hydrogen-bond acceptors (Lipinski definition) is 3. The van der Waals surface area contributed by atoms with Gasteiger partial charge in [-0.3, -0.25) is 4.79 Å². The third kappa shape index (κ3) is 5.02. The van der Waals surface area contributed by atoms with E-state index in [9.17, 15) is 4.79 Å². The second-order valence-electron chi connectivity index (χ2n) is 6.70. The van der Waals surface area contributed by atoms with Crippen molar-refractivity contribution in [2.75, 3.05) is 20.2 Å². The second-order valence-corrected chi connectivity index (χ2v) is 6.70. The summed E-state index contributed by atoms with van der Waals surface area (Å²) in [6.07, 6.45) is 3.38. The molecule has 1 fully saturated rings. The number of amides is 1. The Morgan fingerprint density at radius 3 is 2.50 bits per heavy atom. The molecule has 2 N–H and O–H groups in total. The first-order valence-electron chi connectivity index (χ1n) is 8.21. The molecule has 1 aliphatic rings. The van der Waals surface area contributed by atoms with Crippen molar-refractivity contribution in [2.24, 2.45) is 17.6 Å². The van der Waals surface area contributed by atoms with Crippen LogP contribution in [0.5, 0.6) is 5.75 Å². The van der Waals surface area contributed by atoms with Crippen LogP contribution >= 0.6 is 0 Å². The van der Waals surface area contributed by atoms with Gasteiger partial charge in [0.2, 0.25) is 0 Å². The summed E-state index contributed by atoms with van der Waals surface area (Å²) in [7, 11) is 1.83. The van der Waals surface area contributed by atoms with Gasteiger partial charge in [-0.1, -0.05) is 13.8 Å². The summed E-state index contributed by atoms with van der Waals surface area (Å²) in [6.45, 7) is 5.68. The van der Waals surface area contributed by atoms with E-state index in [0.29, 0.717) is 18.0 Å². The minimum absolute atomic E-state index is 0.0321. The highest BCUT2D eigenvalue weighted by Crippen LogP contribution is 2.29. The molecule has 22 heavy (non-hydrogen) atoms. The Hall–Kier alpha value is -1.55. The molecule has 0 bridgehead atoms. The molecule has 1 aromatic rings. The van der Waals surface area contributed by atoms with Gasteiger partial charge in [0.15, 0.2) is 0 Å². The van der Waals surface area contributed by atoms with E-state index in [2.05, 4.69) is 13.8 Å². The van der Waals surface area contributed by atoms with Crippen LogP contribution in [0.2, 0.25) is 0 Å². The topological polar surface area (TPSA) is 55.6 Å². The first-order valence-corrected chi connectivity index (χ1v) is 8.21. The van der Waals surface area contributed by atoms with E-state index in [-0.39, 0.29) is 11.9 Å². The lowest BCUT2D eigenvalue weighted by atomic mass is 10.0. The maximum Gasteiger partial charge on any atom is 0.253 e. The van der Waals surface area contributed by atoms with Crippen molar-refractivity contribution in [2.45, 2.75) is 39.2 Å². The first kappa shape index (κ1) is 16.8. The summed E-state index contributed by atoms with van der Waals surface area (Å²) >= 11 is 0. The Labute approximate surface area is 133 Å². The van der Waals surface area contributed by atoms with Crippen molar-refractivity contribution in [3.05, 3.63) is 29.8 Å². The zero-order valence-electron chi connectivity index (χ0n) is 13.9. The van der Waals surface area contributed by atoms with Gasteiger partial charge in [-0.15, -0.1) is 0 Å². The van der Waals surface area contributed by atoms with Gasteiger partial charge < -0.3 is 15.4 Å². The third-order valence-corrected chi connectivity index (χ3v) is 4.28. The van der Waals surface area contributed by atoms with Crippen LogP contribution in [-0.4, -0.2) is 37.0 Å². The number of rotatable bonds is 8. The van der Waals surface area contributed by atoms with E-state index in [0.717, 1.165) is 24.7 Å². The molecular weight excluding hydrogens is 276 g/mol. The summed E-state index contributed by atoms with van der Waals surface area (Å²) in [4.78, 5) is 14.1. The Bertz CT molecular complexity index is 480. The fourth-order valence-corrected chi connectivity index (χ4v) is 2.19. The molecule has 0 aromatic heterocycles. The van der Waals surface area contributed by atoms with E-state index in [1.807, 2.05) is 31.3 Å². The van der Waals surface area contributed by atoms with Gasteiger partial charge in [0.1, 0.15) is 5.75 Å². The van der Waals surface area contributed by atoms with Gasteiger partial charge in [0.25, 0.3) is 5.91 Å². The lowest BCUT2D eigenvalue weighted by molar-refractivity contribution is 0.0789. The first-order chi connectivity index (χ1) is 10.5. The van der Waals surface area contributed by atoms with E-state index >= 15 is 0 Å². The zero-order valence-corrected chi connectivity index (χ0v) is 13.9. The maximum atomic E-state index is 12.4. The Kier molecular flexibility index (Phi) is 5.83. The third-order valence-electron chi connectivity index (χ3n) is 4.28. The van der Waals surface area contributed by atoms with Crippen molar-refractivity contribution in [3.8, 4) is 5.75 Å². The molecule has 4 heteroatoms. The molecule has 2 rings (SSSR count). The van der Waals surface area contributed by atoms with E-state index in [1.54, 1.807) is 4.90 Å². The highest BCUT2D eigenvalue weighted by atomic mass is 16.5. The molecule has 1 unspecified atom stereocenters. The summed E-state index contributed by atoms with van der Waals surface area (Å²) in [5, 5.41) is 0. The molecule has 0 heterocycles. The lowest BCUT2D eigenvalue weighted by Gasteiger charge is -2.21. The Balaban J connectivity index is 1.82. The van der Waals surface area contributed by atoms with Gasteiger partial charge in [-0.2, -0.15) is 0 Å². The molecule has 1 amide bonds.